The Labute approximate surface area is 183 Å². The van der Waals surface area contributed by atoms with E-state index in [-0.39, 0.29) is 13.1 Å². The molecule has 34 heavy (non-hydrogen) atoms. The Balaban J connectivity index is 2.70. The molecule has 1 aromatic carbocycles. The number of benzene rings is 1. The maximum absolute atomic E-state index is 13.6. The second-order valence-corrected chi connectivity index (χ2v) is 7.10. The van der Waals surface area contributed by atoms with Gasteiger partial charge >= 0.3 is 35.8 Å². The first kappa shape index (κ1) is 30.2. The highest BCUT2D eigenvalue weighted by Gasteiger charge is 2.90. The number of halogens is 13. The second-order valence-electron chi connectivity index (χ2n) is 7.10. The Bertz CT molecular complexity index is 769. The van der Waals surface area contributed by atoms with E-state index in [4.69, 9.17) is 0 Å². The third kappa shape index (κ3) is 6.05. The van der Waals surface area contributed by atoms with Gasteiger partial charge in [0.2, 0.25) is 0 Å². The lowest BCUT2D eigenvalue weighted by atomic mass is 9.93. The summed E-state index contributed by atoms with van der Waals surface area (Å²) in [5.41, 5.74) is 0.784. The number of ether oxygens (including phenoxy) is 1. The van der Waals surface area contributed by atoms with Crippen LogP contribution in [0.3, 0.4) is 0 Å². The number of aliphatic hydroxyl groups excluding tert-OH is 1. The average molecular weight is 527 g/mol. The number of nitrogens with one attached hydrogen (secondary N) is 1. The van der Waals surface area contributed by atoms with Crippen molar-refractivity contribution in [2.45, 2.75) is 54.9 Å². The fourth-order valence-electron chi connectivity index (χ4n) is 2.42. The highest BCUT2D eigenvalue weighted by Crippen LogP contribution is 2.60. The van der Waals surface area contributed by atoms with Crippen molar-refractivity contribution in [2.75, 3.05) is 19.8 Å². The van der Waals surface area contributed by atoms with Gasteiger partial charge in [-0.2, -0.15) is 57.1 Å². The van der Waals surface area contributed by atoms with E-state index >= 15 is 0 Å². The Morgan fingerprint density at radius 1 is 0.735 bits per heavy atom. The van der Waals surface area contributed by atoms with Gasteiger partial charge in [-0.3, -0.25) is 0 Å². The maximum atomic E-state index is 13.6. The fourth-order valence-corrected chi connectivity index (χ4v) is 2.42. The average Bonchev–Trinajstić information content (AvgIpc) is 2.70. The quantitative estimate of drug-likeness (QED) is 0.271. The van der Waals surface area contributed by atoms with Crippen LogP contribution in [0.2, 0.25) is 0 Å². The van der Waals surface area contributed by atoms with E-state index in [0.29, 0.717) is 0 Å². The third-order valence-corrected chi connectivity index (χ3v) is 4.42. The van der Waals surface area contributed by atoms with Crippen LogP contribution in [0.25, 0.3) is 0 Å². The zero-order chi connectivity index (χ0) is 26.6. The van der Waals surface area contributed by atoms with Crippen molar-refractivity contribution in [2.24, 2.45) is 0 Å². The van der Waals surface area contributed by atoms with Crippen molar-refractivity contribution in [3.63, 3.8) is 0 Å². The van der Waals surface area contributed by atoms with E-state index < -0.39 is 61.5 Å². The lowest BCUT2D eigenvalue weighted by molar-refractivity contribution is -0.440. The van der Waals surface area contributed by atoms with Crippen LogP contribution >= 0.6 is 0 Å². The Kier molecular flexibility index (Phi) is 9.28. The molecule has 0 amide bonds. The molecule has 0 aliphatic carbocycles. The van der Waals surface area contributed by atoms with E-state index in [9.17, 15) is 62.2 Å². The zero-order valence-electron chi connectivity index (χ0n) is 16.8. The van der Waals surface area contributed by atoms with Crippen LogP contribution in [0.4, 0.5) is 57.1 Å². The van der Waals surface area contributed by atoms with E-state index in [2.05, 4.69) is 10.1 Å². The molecular formula is C18H18F13NO2. The predicted molar refractivity (Wildman–Crippen MR) is 90.4 cm³/mol. The second kappa shape index (κ2) is 10.4. The number of aliphatic hydroxyl groups is 1. The molecule has 0 saturated heterocycles. The first-order valence-electron chi connectivity index (χ1n) is 9.18. The van der Waals surface area contributed by atoms with E-state index in [1.165, 1.54) is 0 Å². The molecule has 0 fully saturated rings. The number of rotatable bonds is 13. The minimum absolute atomic E-state index is 0.210. The molecule has 0 bridgehead atoms. The Morgan fingerprint density at radius 3 is 1.74 bits per heavy atom. The molecule has 0 radical (unpaired) electrons. The monoisotopic (exact) mass is 527 g/mol. The van der Waals surface area contributed by atoms with Crippen LogP contribution in [0.5, 0.6) is 0 Å². The highest BCUT2D eigenvalue weighted by atomic mass is 19.4. The van der Waals surface area contributed by atoms with Crippen molar-refractivity contribution in [3.8, 4) is 0 Å². The summed E-state index contributed by atoms with van der Waals surface area (Å²) in [5.74, 6) is -37.0. The molecule has 16 heteroatoms. The van der Waals surface area contributed by atoms with Gasteiger partial charge in [0.25, 0.3) is 0 Å². The van der Waals surface area contributed by atoms with Crippen LogP contribution in [-0.2, 0) is 11.3 Å². The van der Waals surface area contributed by atoms with Gasteiger partial charge in [0.15, 0.2) is 0 Å². The van der Waals surface area contributed by atoms with Gasteiger partial charge in [0.05, 0.1) is 19.3 Å². The van der Waals surface area contributed by atoms with Gasteiger partial charge in [-0.05, 0) is 5.56 Å². The van der Waals surface area contributed by atoms with Crippen molar-refractivity contribution in [1.29, 1.82) is 0 Å². The molecule has 0 unspecified atom stereocenters. The molecule has 1 atom stereocenters. The van der Waals surface area contributed by atoms with Gasteiger partial charge in [0.1, 0.15) is 0 Å². The fraction of sp³-hybridized carbons (Fsp3) is 0.667. The topological polar surface area (TPSA) is 41.5 Å². The molecular weight excluding hydrogens is 509 g/mol. The van der Waals surface area contributed by atoms with E-state index in [1.807, 2.05) is 0 Å². The molecule has 3 nitrogen and oxygen atoms in total. The predicted octanol–water partition coefficient (Wildman–Crippen LogP) is 5.28. The van der Waals surface area contributed by atoms with Crippen LogP contribution in [0, 0.1) is 0 Å². The van der Waals surface area contributed by atoms with Gasteiger partial charge in [-0.1, -0.05) is 30.3 Å². The first-order chi connectivity index (χ1) is 15.2. The third-order valence-electron chi connectivity index (χ3n) is 4.42. The van der Waals surface area contributed by atoms with E-state index in [1.54, 1.807) is 30.3 Å². The molecule has 1 aromatic rings. The van der Waals surface area contributed by atoms with Gasteiger partial charge in [-0.15, -0.1) is 0 Å². The van der Waals surface area contributed by atoms with E-state index in [0.717, 1.165) is 5.56 Å². The smallest absolute Gasteiger partial charge is 0.389 e. The highest BCUT2D eigenvalue weighted by molar-refractivity contribution is 5.14. The number of hydrogen-bond donors (Lipinski definition) is 2. The van der Waals surface area contributed by atoms with Crippen LogP contribution in [0.15, 0.2) is 30.3 Å². The van der Waals surface area contributed by atoms with Crippen molar-refractivity contribution >= 4 is 0 Å². The SMILES string of the molecule is O[C@H](CNCc1ccccc1)COCCC(F)(F)C(F)(F)C(F)(F)C(F)(F)C(F)(F)C(F)(F)F. The van der Waals surface area contributed by atoms with Crippen LogP contribution in [0.1, 0.15) is 12.0 Å². The largest absolute Gasteiger partial charge is 0.460 e. The summed E-state index contributed by atoms with van der Waals surface area (Å²) < 4.78 is 173. The molecule has 0 heterocycles. The van der Waals surface area contributed by atoms with Crippen molar-refractivity contribution in [3.05, 3.63) is 35.9 Å². The van der Waals surface area contributed by atoms with Gasteiger partial charge in [-0.25, -0.2) is 0 Å². The summed E-state index contributed by atoms with van der Waals surface area (Å²) in [4.78, 5) is 0. The molecule has 198 valence electrons. The minimum Gasteiger partial charge on any atom is -0.389 e. The molecule has 0 aromatic heterocycles. The van der Waals surface area contributed by atoms with Crippen molar-refractivity contribution < 1.29 is 66.9 Å². The molecule has 0 aliphatic heterocycles. The molecule has 0 aliphatic rings. The summed E-state index contributed by atoms with van der Waals surface area (Å²) in [6.07, 6.45) is -11.3. The molecule has 1 rings (SSSR count). The summed E-state index contributed by atoms with van der Waals surface area (Å²) in [5, 5.41) is 12.3. The summed E-state index contributed by atoms with van der Waals surface area (Å²) >= 11 is 0. The summed E-state index contributed by atoms with van der Waals surface area (Å²) in [7, 11) is 0. The first-order valence-corrected chi connectivity index (χ1v) is 9.18. The Hall–Kier alpha value is -1.81. The number of hydrogen-bond acceptors (Lipinski definition) is 3. The van der Waals surface area contributed by atoms with Gasteiger partial charge < -0.3 is 15.2 Å². The molecule has 2 N–H and O–H groups in total. The lowest BCUT2D eigenvalue weighted by Crippen LogP contribution is -2.70. The lowest BCUT2D eigenvalue weighted by Gasteiger charge is -2.39. The standard InChI is InChI=1S/C18H18F13NO2/c19-13(20,6-7-34-10-12(33)9-32-8-11-4-2-1-3-5-11)14(21,22)15(23,24)16(25,26)17(27,28)18(29,30)31/h1-5,12,32-33H,6-10H2/t12-/m1/s1. The minimum atomic E-state index is -7.92. The normalized spacial score (nSPS) is 15.5. The maximum Gasteiger partial charge on any atom is 0.460 e. The molecule has 0 saturated carbocycles. The molecule has 0 spiro atoms. The van der Waals surface area contributed by atoms with Crippen LogP contribution < -0.4 is 5.32 Å². The zero-order valence-corrected chi connectivity index (χ0v) is 16.8. The summed E-state index contributed by atoms with van der Waals surface area (Å²) in [6, 6.07) is 8.56. The van der Waals surface area contributed by atoms with Gasteiger partial charge in [0, 0.05) is 19.5 Å². The van der Waals surface area contributed by atoms with Crippen molar-refractivity contribution in [1.82, 2.24) is 5.32 Å². The Morgan fingerprint density at radius 2 is 1.24 bits per heavy atom. The van der Waals surface area contributed by atoms with Crippen LogP contribution in [-0.4, -0.2) is 66.8 Å². The summed E-state index contributed by atoms with van der Waals surface area (Å²) in [6.45, 7) is -2.34. The number of alkyl halides is 13.